The second kappa shape index (κ2) is 11.3. The second-order valence-corrected chi connectivity index (χ2v) is 6.38. The van der Waals surface area contributed by atoms with Gasteiger partial charge in [-0.3, -0.25) is 9.59 Å². The molecule has 0 aromatic heterocycles. The minimum Gasteiger partial charge on any atom is -0.493 e. The summed E-state index contributed by atoms with van der Waals surface area (Å²) >= 11 is 0. The smallest absolute Gasteiger partial charge is 0.338 e. The van der Waals surface area contributed by atoms with Gasteiger partial charge >= 0.3 is 5.97 Å². The van der Waals surface area contributed by atoms with Gasteiger partial charge in [0.15, 0.2) is 11.5 Å². The molecule has 0 heterocycles. The van der Waals surface area contributed by atoms with Crippen LogP contribution in [0.1, 0.15) is 41.0 Å². The number of hydrazone groups is 1. The maximum absolute atomic E-state index is 12.3. The van der Waals surface area contributed by atoms with Crippen LogP contribution in [0, 0.1) is 0 Å². The monoisotopic (exact) mass is 427 g/mol. The van der Waals surface area contributed by atoms with Crippen molar-refractivity contribution in [1.29, 1.82) is 0 Å². The predicted molar refractivity (Wildman–Crippen MR) is 116 cm³/mol. The molecule has 2 aromatic rings. The molecule has 0 saturated heterocycles. The maximum Gasteiger partial charge on any atom is 0.338 e. The number of methoxy groups -OCH3 is 2. The molecular formula is C22H25N3O6. The van der Waals surface area contributed by atoms with Crippen molar-refractivity contribution in [2.45, 2.75) is 20.3 Å². The lowest BCUT2D eigenvalue weighted by atomic mass is 10.2. The first kappa shape index (κ1) is 23.4. The first-order chi connectivity index (χ1) is 14.9. The van der Waals surface area contributed by atoms with Crippen LogP contribution in [0.4, 0.5) is 5.69 Å². The number of hydrogen-bond acceptors (Lipinski definition) is 7. The summed E-state index contributed by atoms with van der Waals surface area (Å²) in [6.45, 7) is 3.64. The summed E-state index contributed by atoms with van der Waals surface area (Å²) in [4.78, 5) is 36.1. The number of rotatable bonds is 9. The molecular weight excluding hydrogens is 402 g/mol. The van der Waals surface area contributed by atoms with E-state index < -0.39 is 11.9 Å². The fraction of sp³-hybridized carbons (Fsp3) is 0.273. The molecule has 0 aliphatic heterocycles. The Balaban J connectivity index is 1.91. The van der Waals surface area contributed by atoms with Crippen molar-refractivity contribution in [2.75, 3.05) is 26.1 Å². The van der Waals surface area contributed by atoms with Crippen molar-refractivity contribution < 1.29 is 28.6 Å². The summed E-state index contributed by atoms with van der Waals surface area (Å²) in [7, 11) is 2.98. The fourth-order valence-electron chi connectivity index (χ4n) is 2.57. The third-order valence-electron chi connectivity index (χ3n) is 4.09. The van der Waals surface area contributed by atoms with E-state index in [1.54, 1.807) is 50.2 Å². The van der Waals surface area contributed by atoms with E-state index in [4.69, 9.17) is 14.2 Å². The van der Waals surface area contributed by atoms with Crippen molar-refractivity contribution in [3.05, 3.63) is 53.6 Å². The number of carbonyl (C=O) groups excluding carboxylic acids is 3. The number of nitrogens with zero attached hydrogens (tertiary/aromatic N) is 1. The molecule has 2 amide bonds. The Labute approximate surface area is 180 Å². The van der Waals surface area contributed by atoms with Crippen LogP contribution in [0.15, 0.2) is 47.6 Å². The van der Waals surface area contributed by atoms with Crippen LogP contribution in [-0.2, 0) is 9.53 Å². The van der Waals surface area contributed by atoms with Crippen LogP contribution in [0.2, 0.25) is 0 Å². The van der Waals surface area contributed by atoms with Gasteiger partial charge in [-0.25, -0.2) is 10.2 Å². The quantitative estimate of drug-likeness (QED) is 0.361. The number of nitrogens with one attached hydrogen (secondary N) is 2. The van der Waals surface area contributed by atoms with Crippen molar-refractivity contribution >= 4 is 29.2 Å². The van der Waals surface area contributed by atoms with Gasteiger partial charge in [0.1, 0.15) is 0 Å². The molecule has 0 aliphatic rings. The van der Waals surface area contributed by atoms with E-state index in [1.165, 1.54) is 20.3 Å². The first-order valence-corrected chi connectivity index (χ1v) is 9.50. The summed E-state index contributed by atoms with van der Waals surface area (Å²) in [6.07, 6.45) is -0.0220. The zero-order valence-electron chi connectivity index (χ0n) is 17.9. The van der Waals surface area contributed by atoms with E-state index >= 15 is 0 Å². The Bertz CT molecular complexity index is 970. The van der Waals surface area contributed by atoms with E-state index in [-0.39, 0.29) is 12.3 Å². The molecule has 2 N–H and O–H groups in total. The molecule has 31 heavy (non-hydrogen) atoms. The molecule has 164 valence electrons. The number of carbonyl (C=O) groups is 3. The fourth-order valence-corrected chi connectivity index (χ4v) is 2.57. The summed E-state index contributed by atoms with van der Waals surface area (Å²) in [5.41, 5.74) is 4.08. The van der Waals surface area contributed by atoms with Crippen molar-refractivity contribution in [1.82, 2.24) is 5.43 Å². The van der Waals surface area contributed by atoms with Crippen LogP contribution in [0.3, 0.4) is 0 Å². The first-order valence-electron chi connectivity index (χ1n) is 9.50. The number of ether oxygens (including phenoxy) is 3. The standard InChI is InChI=1S/C22H25N3O6/c1-5-31-22(28)15-6-9-17(10-7-15)23-20(26)12-14(2)24-25-21(27)16-8-11-18(29-3)19(13-16)30-4/h6-11,13H,5,12H2,1-4H3,(H,23,26)(H,25,27)/b24-14+. The Kier molecular flexibility index (Phi) is 8.56. The molecule has 2 aromatic carbocycles. The highest BCUT2D eigenvalue weighted by atomic mass is 16.5. The SMILES string of the molecule is CCOC(=O)c1ccc(NC(=O)C/C(C)=N/NC(=O)c2ccc(OC)c(OC)c2)cc1. The molecule has 0 aliphatic carbocycles. The number of anilines is 1. The molecule has 0 spiro atoms. The van der Waals surface area contributed by atoms with Gasteiger partial charge in [0.25, 0.3) is 5.91 Å². The summed E-state index contributed by atoms with van der Waals surface area (Å²) in [5, 5.41) is 6.66. The number of amides is 2. The third kappa shape index (κ3) is 6.84. The van der Waals surface area contributed by atoms with Crippen LogP contribution >= 0.6 is 0 Å². The highest BCUT2D eigenvalue weighted by Gasteiger charge is 2.11. The molecule has 0 radical (unpaired) electrons. The van der Waals surface area contributed by atoms with Gasteiger partial charge in [-0.15, -0.1) is 0 Å². The van der Waals surface area contributed by atoms with E-state index in [0.29, 0.717) is 40.6 Å². The topological polar surface area (TPSA) is 115 Å². The van der Waals surface area contributed by atoms with Crippen molar-refractivity contribution in [3.8, 4) is 11.5 Å². The molecule has 0 bridgehead atoms. The molecule has 0 saturated carbocycles. The maximum atomic E-state index is 12.3. The van der Waals surface area contributed by atoms with E-state index in [2.05, 4.69) is 15.8 Å². The third-order valence-corrected chi connectivity index (χ3v) is 4.09. The molecule has 0 atom stereocenters. The lowest BCUT2D eigenvalue weighted by molar-refractivity contribution is -0.115. The van der Waals surface area contributed by atoms with E-state index in [0.717, 1.165) is 0 Å². The lowest BCUT2D eigenvalue weighted by Crippen LogP contribution is -2.21. The van der Waals surface area contributed by atoms with Gasteiger partial charge < -0.3 is 19.5 Å². The minimum atomic E-state index is -0.449. The van der Waals surface area contributed by atoms with Crippen LogP contribution in [-0.4, -0.2) is 44.3 Å². The molecule has 9 nitrogen and oxygen atoms in total. The van der Waals surface area contributed by atoms with Crippen molar-refractivity contribution in [2.24, 2.45) is 5.10 Å². The zero-order valence-corrected chi connectivity index (χ0v) is 17.9. The Hall–Kier alpha value is -3.88. The lowest BCUT2D eigenvalue weighted by Gasteiger charge is -2.09. The number of hydrogen-bond donors (Lipinski definition) is 2. The molecule has 0 unspecified atom stereocenters. The summed E-state index contributed by atoms with van der Waals surface area (Å²) < 4.78 is 15.2. The normalized spacial score (nSPS) is 10.8. The van der Waals surface area contributed by atoms with Gasteiger partial charge in [-0.2, -0.15) is 5.10 Å². The highest BCUT2D eigenvalue weighted by molar-refractivity contribution is 6.06. The number of benzene rings is 2. The minimum absolute atomic E-state index is 0.0220. The highest BCUT2D eigenvalue weighted by Crippen LogP contribution is 2.27. The average molecular weight is 427 g/mol. The largest absolute Gasteiger partial charge is 0.493 e. The molecule has 9 heteroatoms. The van der Waals surface area contributed by atoms with E-state index in [9.17, 15) is 14.4 Å². The zero-order chi connectivity index (χ0) is 22.8. The average Bonchev–Trinajstić information content (AvgIpc) is 2.77. The number of esters is 1. The van der Waals surface area contributed by atoms with Crippen LogP contribution in [0.25, 0.3) is 0 Å². The van der Waals surface area contributed by atoms with Gasteiger partial charge in [0.2, 0.25) is 5.91 Å². The Morgan fingerprint density at radius 3 is 2.19 bits per heavy atom. The van der Waals surface area contributed by atoms with E-state index in [1.807, 2.05) is 0 Å². The van der Waals surface area contributed by atoms with Crippen LogP contribution in [0.5, 0.6) is 11.5 Å². The van der Waals surface area contributed by atoms with Crippen molar-refractivity contribution in [3.63, 3.8) is 0 Å². The molecule has 0 fully saturated rings. The van der Waals surface area contributed by atoms with Gasteiger partial charge in [0, 0.05) is 17.0 Å². The summed E-state index contributed by atoms with van der Waals surface area (Å²) in [6, 6.07) is 11.1. The van der Waals surface area contributed by atoms with Crippen LogP contribution < -0.4 is 20.2 Å². The molecule has 2 rings (SSSR count). The summed E-state index contributed by atoms with van der Waals surface area (Å²) in [5.74, 6) is -0.260. The Morgan fingerprint density at radius 2 is 1.58 bits per heavy atom. The second-order valence-electron chi connectivity index (χ2n) is 6.38. The van der Waals surface area contributed by atoms with Gasteiger partial charge in [-0.1, -0.05) is 0 Å². The Morgan fingerprint density at radius 1 is 0.935 bits per heavy atom. The van der Waals surface area contributed by atoms with Gasteiger partial charge in [-0.05, 0) is 56.3 Å². The van der Waals surface area contributed by atoms with Gasteiger partial charge in [0.05, 0.1) is 32.8 Å². The predicted octanol–water partition coefficient (Wildman–Crippen LogP) is 3.02.